The van der Waals surface area contributed by atoms with Crippen LogP contribution in [0.5, 0.6) is 11.5 Å². The molecule has 1 N–H and O–H groups in total. The van der Waals surface area contributed by atoms with Crippen molar-refractivity contribution in [3.8, 4) is 11.5 Å². The van der Waals surface area contributed by atoms with Crippen LogP contribution >= 0.6 is 0 Å². The molecule has 136 valence electrons. The molecule has 1 aromatic rings. The van der Waals surface area contributed by atoms with Gasteiger partial charge in [-0.15, -0.1) is 0 Å². The van der Waals surface area contributed by atoms with Crippen molar-refractivity contribution >= 4 is 17.5 Å². The van der Waals surface area contributed by atoms with E-state index >= 15 is 0 Å². The number of ketones is 2. The number of carbonyl (C=O) groups excluding carboxylic acids is 3. The van der Waals surface area contributed by atoms with E-state index in [0.717, 1.165) is 0 Å². The Morgan fingerprint density at radius 3 is 2.48 bits per heavy atom. The van der Waals surface area contributed by atoms with Gasteiger partial charge in [-0.1, -0.05) is 0 Å². The van der Waals surface area contributed by atoms with Crippen LogP contribution in [0.15, 0.2) is 12.1 Å². The SMILES string of the molecule is COc1cc(O)c2c(c1)CC(=O)CCCC(=O)CCC[C@@H](C)OC2=O. The van der Waals surface area contributed by atoms with E-state index in [-0.39, 0.29) is 41.8 Å². The van der Waals surface area contributed by atoms with E-state index in [9.17, 15) is 19.5 Å². The predicted octanol–water partition coefficient (Wildman–Crippen LogP) is 2.98. The minimum atomic E-state index is -0.668. The van der Waals surface area contributed by atoms with Gasteiger partial charge in [0.05, 0.1) is 13.2 Å². The quantitative estimate of drug-likeness (QED) is 0.785. The van der Waals surface area contributed by atoms with Crippen LogP contribution in [-0.2, 0) is 20.7 Å². The van der Waals surface area contributed by atoms with Gasteiger partial charge in [-0.3, -0.25) is 9.59 Å². The molecule has 6 nitrogen and oxygen atoms in total. The molecule has 0 unspecified atom stereocenters. The van der Waals surface area contributed by atoms with Crippen molar-refractivity contribution in [2.45, 2.75) is 58.0 Å². The molecule has 25 heavy (non-hydrogen) atoms. The highest BCUT2D eigenvalue weighted by atomic mass is 16.5. The van der Waals surface area contributed by atoms with E-state index in [1.54, 1.807) is 13.0 Å². The van der Waals surface area contributed by atoms with Crippen LogP contribution < -0.4 is 4.74 Å². The number of esters is 1. The van der Waals surface area contributed by atoms with Crippen molar-refractivity contribution in [1.29, 1.82) is 0 Å². The number of aromatic hydroxyl groups is 1. The third kappa shape index (κ3) is 5.31. The number of benzene rings is 1. The third-order valence-corrected chi connectivity index (χ3v) is 4.29. The molecule has 0 spiro atoms. The smallest absolute Gasteiger partial charge is 0.342 e. The molecule has 6 heteroatoms. The summed E-state index contributed by atoms with van der Waals surface area (Å²) >= 11 is 0. The Morgan fingerprint density at radius 2 is 1.76 bits per heavy atom. The van der Waals surface area contributed by atoms with E-state index in [1.807, 2.05) is 0 Å². The molecule has 0 bridgehead atoms. The molecule has 1 aliphatic heterocycles. The fourth-order valence-electron chi connectivity index (χ4n) is 2.95. The fourth-order valence-corrected chi connectivity index (χ4v) is 2.95. The van der Waals surface area contributed by atoms with Crippen molar-refractivity contribution in [3.05, 3.63) is 23.3 Å². The van der Waals surface area contributed by atoms with Crippen LogP contribution in [0.4, 0.5) is 0 Å². The monoisotopic (exact) mass is 348 g/mol. The summed E-state index contributed by atoms with van der Waals surface area (Å²) in [5.74, 6) is -0.538. The van der Waals surface area contributed by atoms with Crippen molar-refractivity contribution in [1.82, 2.24) is 0 Å². The van der Waals surface area contributed by atoms with Gasteiger partial charge in [-0.25, -0.2) is 4.79 Å². The van der Waals surface area contributed by atoms with Gasteiger partial charge in [0.2, 0.25) is 0 Å². The highest BCUT2D eigenvalue weighted by Crippen LogP contribution is 2.30. The van der Waals surface area contributed by atoms with E-state index in [1.165, 1.54) is 13.2 Å². The highest BCUT2D eigenvalue weighted by Gasteiger charge is 2.23. The van der Waals surface area contributed by atoms with Gasteiger partial charge in [0.15, 0.2) is 0 Å². The van der Waals surface area contributed by atoms with Crippen molar-refractivity contribution < 1.29 is 29.0 Å². The first-order valence-electron chi connectivity index (χ1n) is 8.55. The first kappa shape index (κ1) is 19.0. The second-order valence-corrected chi connectivity index (χ2v) is 6.40. The van der Waals surface area contributed by atoms with Crippen LogP contribution in [0.1, 0.15) is 61.4 Å². The Morgan fingerprint density at radius 1 is 1.08 bits per heavy atom. The molecule has 0 saturated heterocycles. The summed E-state index contributed by atoms with van der Waals surface area (Å²) in [6.07, 6.45) is 2.37. The maximum atomic E-state index is 12.5. The van der Waals surface area contributed by atoms with E-state index in [2.05, 4.69) is 0 Å². The molecule has 0 amide bonds. The third-order valence-electron chi connectivity index (χ3n) is 4.29. The van der Waals surface area contributed by atoms with Crippen LogP contribution in [-0.4, -0.2) is 35.9 Å². The number of rotatable bonds is 1. The molecule has 0 saturated carbocycles. The van der Waals surface area contributed by atoms with Gasteiger partial charge in [0.25, 0.3) is 0 Å². The normalized spacial score (nSPS) is 20.4. The number of fused-ring (bicyclic) bond motifs is 1. The minimum absolute atomic E-state index is 0.00846. The largest absolute Gasteiger partial charge is 0.507 e. The zero-order chi connectivity index (χ0) is 18.4. The lowest BCUT2D eigenvalue weighted by Gasteiger charge is -2.17. The standard InChI is InChI=1S/C19H24O6/c1-12-5-3-6-14(20)7-4-8-15(21)9-13-10-16(24-2)11-17(22)18(13)19(23)25-12/h10-12,22H,3-9H2,1-2H3/t12-/m1/s1. The number of carbonyl (C=O) groups is 3. The van der Waals surface area contributed by atoms with Crippen LogP contribution in [0.2, 0.25) is 0 Å². The van der Waals surface area contributed by atoms with Crippen molar-refractivity contribution in [2.24, 2.45) is 0 Å². The average Bonchev–Trinajstić information content (AvgIpc) is 2.53. The molecule has 0 aliphatic carbocycles. The Kier molecular flexibility index (Phi) is 6.56. The summed E-state index contributed by atoms with van der Waals surface area (Å²) in [5.41, 5.74) is 0.386. The number of phenolic OH excluding ortho intramolecular Hbond substituents is 1. The van der Waals surface area contributed by atoms with E-state index < -0.39 is 5.97 Å². The number of Topliss-reactive ketones (excluding diaryl/α,β-unsaturated/α-hetero) is 2. The Bertz CT molecular complexity index is 664. The molecule has 0 radical (unpaired) electrons. The minimum Gasteiger partial charge on any atom is -0.507 e. The second kappa shape index (κ2) is 8.65. The first-order chi connectivity index (χ1) is 11.9. The van der Waals surface area contributed by atoms with E-state index in [0.29, 0.717) is 43.4 Å². The summed E-state index contributed by atoms with van der Waals surface area (Å²) in [6, 6.07) is 2.90. The summed E-state index contributed by atoms with van der Waals surface area (Å²) in [7, 11) is 1.44. The highest BCUT2D eigenvalue weighted by molar-refractivity contribution is 5.96. The van der Waals surface area contributed by atoms with Gasteiger partial charge < -0.3 is 14.6 Å². The summed E-state index contributed by atoms with van der Waals surface area (Å²) in [5, 5.41) is 10.2. The number of hydrogen-bond donors (Lipinski definition) is 1. The van der Waals surface area contributed by atoms with Gasteiger partial charge in [0.1, 0.15) is 28.6 Å². The molecule has 0 aromatic heterocycles. The maximum Gasteiger partial charge on any atom is 0.342 e. The molecule has 1 heterocycles. The summed E-state index contributed by atoms with van der Waals surface area (Å²) in [4.78, 5) is 36.5. The lowest BCUT2D eigenvalue weighted by atomic mass is 9.97. The number of methoxy groups -OCH3 is 1. The zero-order valence-corrected chi connectivity index (χ0v) is 14.7. The maximum absolute atomic E-state index is 12.5. The van der Waals surface area contributed by atoms with Gasteiger partial charge in [-0.2, -0.15) is 0 Å². The lowest BCUT2D eigenvalue weighted by Crippen LogP contribution is -2.18. The van der Waals surface area contributed by atoms with Gasteiger partial charge >= 0.3 is 5.97 Å². The lowest BCUT2D eigenvalue weighted by molar-refractivity contribution is -0.120. The number of cyclic esters (lactones) is 1. The first-order valence-corrected chi connectivity index (χ1v) is 8.55. The Balaban J connectivity index is 2.34. The second-order valence-electron chi connectivity index (χ2n) is 6.40. The fraction of sp³-hybridized carbons (Fsp3) is 0.526. The number of ether oxygens (including phenoxy) is 2. The van der Waals surface area contributed by atoms with Crippen LogP contribution in [0, 0.1) is 0 Å². The Hall–Kier alpha value is -2.37. The Labute approximate surface area is 147 Å². The van der Waals surface area contributed by atoms with Crippen molar-refractivity contribution in [2.75, 3.05) is 7.11 Å². The molecule has 1 atom stereocenters. The average molecular weight is 348 g/mol. The molecular weight excluding hydrogens is 324 g/mol. The molecular formula is C19H24O6. The van der Waals surface area contributed by atoms with Crippen LogP contribution in [0.3, 0.4) is 0 Å². The van der Waals surface area contributed by atoms with Crippen molar-refractivity contribution in [3.63, 3.8) is 0 Å². The molecule has 1 aliphatic rings. The topological polar surface area (TPSA) is 89.9 Å². The van der Waals surface area contributed by atoms with Gasteiger partial charge in [0, 0.05) is 31.7 Å². The van der Waals surface area contributed by atoms with E-state index in [4.69, 9.17) is 9.47 Å². The van der Waals surface area contributed by atoms with Crippen LogP contribution in [0.25, 0.3) is 0 Å². The predicted molar refractivity (Wildman–Crippen MR) is 91.0 cm³/mol. The zero-order valence-electron chi connectivity index (χ0n) is 14.7. The molecule has 2 rings (SSSR count). The number of phenols is 1. The summed E-state index contributed by atoms with van der Waals surface area (Å²) in [6.45, 7) is 1.75. The number of hydrogen-bond acceptors (Lipinski definition) is 6. The summed E-state index contributed by atoms with van der Waals surface area (Å²) < 4.78 is 10.5. The van der Waals surface area contributed by atoms with Gasteiger partial charge in [-0.05, 0) is 37.8 Å². The molecule has 0 fully saturated rings. The molecule has 1 aromatic carbocycles.